The topological polar surface area (TPSA) is 61.5 Å². The molecule has 0 bridgehead atoms. The molecule has 5 nitrogen and oxygen atoms in total. The highest BCUT2D eigenvalue weighted by atomic mass is 16.1. The average molecular weight is 419 g/mol. The van der Waals surface area contributed by atoms with Crippen molar-refractivity contribution in [2.75, 3.05) is 0 Å². The van der Waals surface area contributed by atoms with Crippen LogP contribution in [0.15, 0.2) is 47.5 Å². The molecule has 1 atom stereocenters. The maximum atomic E-state index is 13.2. The highest BCUT2D eigenvalue weighted by Gasteiger charge is 2.31. The summed E-state index contributed by atoms with van der Waals surface area (Å²) in [7, 11) is 0. The predicted molar refractivity (Wildman–Crippen MR) is 126 cm³/mol. The molecule has 0 fully saturated rings. The van der Waals surface area contributed by atoms with Crippen molar-refractivity contribution in [2.24, 2.45) is 4.99 Å². The lowest BCUT2D eigenvalue weighted by atomic mass is 9.83. The van der Waals surface area contributed by atoms with Crippen LogP contribution in [-0.2, 0) is 0 Å². The highest BCUT2D eigenvalue weighted by Crippen LogP contribution is 2.30. The molecule has 1 aliphatic rings. The number of aliphatic imine (C=N–C) groups is 1. The Labute approximate surface area is 184 Å². The summed E-state index contributed by atoms with van der Waals surface area (Å²) in [6, 6.07) is 13.0. The molecule has 0 saturated carbocycles. The predicted octanol–water partition coefficient (Wildman–Crippen LogP) is 4.78. The van der Waals surface area contributed by atoms with Crippen LogP contribution in [0.5, 0.6) is 0 Å². The van der Waals surface area contributed by atoms with Crippen molar-refractivity contribution >= 4 is 23.2 Å². The zero-order valence-electron chi connectivity index (χ0n) is 19.5. The van der Waals surface area contributed by atoms with Gasteiger partial charge in [0.25, 0.3) is 0 Å². The summed E-state index contributed by atoms with van der Waals surface area (Å²) in [6.07, 6.45) is 0. The van der Waals surface area contributed by atoms with Gasteiger partial charge in [0.05, 0.1) is 17.8 Å². The number of carbonyl (C=O) groups excluding carboxylic acids is 2. The Morgan fingerprint density at radius 2 is 1.39 bits per heavy atom. The molecule has 3 rings (SSSR count). The minimum absolute atomic E-state index is 0.0466. The molecule has 2 aromatic rings. The number of ketones is 2. The van der Waals surface area contributed by atoms with Crippen LogP contribution in [0.2, 0.25) is 0 Å². The molecule has 0 aromatic heterocycles. The van der Waals surface area contributed by atoms with Gasteiger partial charge in [0.1, 0.15) is 6.04 Å². The first-order chi connectivity index (χ1) is 14.6. The van der Waals surface area contributed by atoms with Gasteiger partial charge in [-0.15, -0.1) is 0 Å². The molecule has 31 heavy (non-hydrogen) atoms. The van der Waals surface area contributed by atoms with Gasteiger partial charge < -0.3 is 0 Å². The zero-order chi connectivity index (χ0) is 22.9. The summed E-state index contributed by atoms with van der Waals surface area (Å²) in [6.45, 7) is 14.5. The van der Waals surface area contributed by atoms with Crippen LogP contribution in [0.3, 0.4) is 0 Å². The summed E-state index contributed by atoms with van der Waals surface area (Å²) in [5.74, 6) is 0.621. The second-order valence-electron chi connectivity index (χ2n) is 8.87. The monoisotopic (exact) mass is 418 g/mol. The third-order valence-corrected chi connectivity index (χ3v) is 5.40. The van der Waals surface area contributed by atoms with Gasteiger partial charge in [-0.3, -0.25) is 19.5 Å². The van der Waals surface area contributed by atoms with E-state index in [0.29, 0.717) is 22.3 Å². The number of benzene rings is 2. The van der Waals surface area contributed by atoms with Gasteiger partial charge in [-0.25, -0.2) is 0 Å². The molecule has 0 heterocycles. The second kappa shape index (κ2) is 8.96. The average Bonchev–Trinajstić information content (AvgIpc) is 2.70. The summed E-state index contributed by atoms with van der Waals surface area (Å²) in [5, 5.41) is 3.47. The van der Waals surface area contributed by atoms with Crippen LogP contribution in [-0.4, -0.2) is 39.9 Å². The first-order valence-corrected chi connectivity index (χ1v) is 10.9. The summed E-state index contributed by atoms with van der Waals surface area (Å²) < 4.78 is 2.22. The molecule has 0 radical (unpaired) electrons. The van der Waals surface area contributed by atoms with Gasteiger partial charge >= 0.3 is 5.96 Å². The van der Waals surface area contributed by atoms with E-state index in [1.54, 1.807) is 30.3 Å². The summed E-state index contributed by atoms with van der Waals surface area (Å²) >= 11 is 0. The third kappa shape index (κ3) is 4.50. The number of rotatable bonds is 4. The van der Waals surface area contributed by atoms with Crippen LogP contribution < -0.4 is 5.32 Å². The maximum Gasteiger partial charge on any atom is 0.387 e. The van der Waals surface area contributed by atoms with Crippen molar-refractivity contribution in [1.29, 1.82) is 0 Å². The van der Waals surface area contributed by atoms with E-state index in [1.165, 1.54) is 0 Å². The van der Waals surface area contributed by atoms with E-state index in [4.69, 9.17) is 4.99 Å². The lowest BCUT2D eigenvalue weighted by Crippen LogP contribution is -2.41. The van der Waals surface area contributed by atoms with Crippen molar-refractivity contribution in [2.45, 2.75) is 66.6 Å². The Bertz CT molecular complexity index is 1090. The maximum absolute atomic E-state index is 13.2. The molecular weight excluding hydrogens is 386 g/mol. The van der Waals surface area contributed by atoms with Crippen molar-refractivity contribution in [3.63, 3.8) is 0 Å². The van der Waals surface area contributed by atoms with Crippen molar-refractivity contribution in [3.05, 3.63) is 70.3 Å². The lowest BCUT2D eigenvalue weighted by Gasteiger charge is -2.24. The van der Waals surface area contributed by atoms with E-state index in [-0.39, 0.29) is 29.7 Å². The minimum atomic E-state index is -0.0951. The fourth-order valence-corrected chi connectivity index (χ4v) is 4.05. The van der Waals surface area contributed by atoms with E-state index in [2.05, 4.69) is 44.5 Å². The molecule has 162 valence electrons. The number of guanidine groups is 1. The smallest absolute Gasteiger partial charge is 0.289 e. The Kier molecular flexibility index (Phi) is 6.54. The van der Waals surface area contributed by atoms with Gasteiger partial charge in [-0.1, -0.05) is 35.3 Å². The quantitative estimate of drug-likeness (QED) is 0.377. The largest absolute Gasteiger partial charge is 0.387 e. The fraction of sp³-hybridized carbons (Fsp3) is 0.385. The molecule has 0 aliphatic heterocycles. The normalized spacial score (nSPS) is 14.7. The number of hydrogen-bond acceptors (Lipinski definition) is 2. The highest BCUT2D eigenvalue weighted by molar-refractivity contribution is 6.28. The molecule has 0 saturated heterocycles. The van der Waals surface area contributed by atoms with Crippen molar-refractivity contribution < 1.29 is 14.2 Å². The summed E-state index contributed by atoms with van der Waals surface area (Å²) in [4.78, 5) is 30.8. The van der Waals surface area contributed by atoms with Crippen LogP contribution in [0.4, 0.5) is 0 Å². The molecule has 1 unspecified atom stereocenters. The first-order valence-electron chi connectivity index (χ1n) is 10.9. The number of carbonyl (C=O) groups is 2. The second-order valence-corrected chi connectivity index (χ2v) is 8.87. The third-order valence-electron chi connectivity index (χ3n) is 5.40. The van der Waals surface area contributed by atoms with E-state index in [1.807, 2.05) is 26.0 Å². The lowest BCUT2D eigenvalue weighted by molar-refractivity contribution is -0.600. The van der Waals surface area contributed by atoms with Gasteiger partial charge in [0, 0.05) is 22.3 Å². The van der Waals surface area contributed by atoms with Crippen molar-refractivity contribution in [1.82, 2.24) is 5.32 Å². The van der Waals surface area contributed by atoms with Crippen LogP contribution in [0, 0.1) is 0 Å². The standard InChI is InChI=1S/C26H31N3O2/c1-15(2)27-26(28-16(3)4)29(17(5)6)18(7)19-12-13-22-23(14-19)25(31)21-11-9-8-10-20(21)24(22)30/h8-15,17-18H,1-7H3/p+1. The molecule has 1 N–H and O–H groups in total. The van der Waals surface area contributed by atoms with E-state index < -0.39 is 0 Å². The number of nitrogens with zero attached hydrogens (tertiary/aromatic N) is 2. The SMILES string of the molecule is CC(C)=NC(NC(C)C)=[N+](C(C)C)C(C)c1ccc2c(c1)C(=O)c1ccccc1C2=O. The molecule has 0 spiro atoms. The number of nitrogens with one attached hydrogen (secondary N) is 1. The van der Waals surface area contributed by atoms with E-state index in [0.717, 1.165) is 17.2 Å². The molecule has 2 aromatic carbocycles. The Balaban J connectivity index is 2.12. The van der Waals surface area contributed by atoms with E-state index >= 15 is 0 Å². The summed E-state index contributed by atoms with van der Waals surface area (Å²) in [5.41, 5.74) is 3.84. The van der Waals surface area contributed by atoms with Gasteiger partial charge in [0.15, 0.2) is 11.6 Å². The zero-order valence-corrected chi connectivity index (χ0v) is 19.5. The minimum Gasteiger partial charge on any atom is -0.289 e. The van der Waals surface area contributed by atoms with Gasteiger partial charge in [-0.2, -0.15) is 0 Å². The molecule has 1 aliphatic carbocycles. The fourth-order valence-electron chi connectivity index (χ4n) is 4.05. The first kappa shape index (κ1) is 22.6. The van der Waals surface area contributed by atoms with Crippen molar-refractivity contribution in [3.8, 4) is 0 Å². The van der Waals surface area contributed by atoms with Gasteiger partial charge in [-0.05, 0) is 66.2 Å². The Morgan fingerprint density at radius 1 is 0.839 bits per heavy atom. The molecule has 5 heteroatoms. The van der Waals surface area contributed by atoms with Crippen LogP contribution in [0.25, 0.3) is 0 Å². The Hall–Kier alpha value is -3.08. The molecular formula is C26H32N3O2+. The number of fused-ring (bicyclic) bond motifs is 2. The van der Waals surface area contributed by atoms with E-state index in [9.17, 15) is 9.59 Å². The number of hydrogen-bond donors (Lipinski definition) is 1. The van der Waals surface area contributed by atoms with Crippen LogP contribution in [0.1, 0.15) is 91.9 Å². The Morgan fingerprint density at radius 3 is 1.90 bits per heavy atom. The van der Waals surface area contributed by atoms with Crippen LogP contribution >= 0.6 is 0 Å². The molecule has 0 amide bonds. The van der Waals surface area contributed by atoms with Gasteiger partial charge in [0.2, 0.25) is 0 Å².